The number of hydrogen-bond donors (Lipinski definition) is 0. The molecule has 0 bridgehead atoms. The maximum atomic E-state index is 13.3. The van der Waals surface area contributed by atoms with Crippen LogP contribution >= 0.6 is 27.5 Å². The number of rotatable bonds is 5. The van der Waals surface area contributed by atoms with Crippen LogP contribution in [0.4, 0.5) is 0 Å². The molecule has 0 aliphatic carbocycles. The zero-order chi connectivity index (χ0) is 22.9. The number of benzene rings is 3. The van der Waals surface area contributed by atoms with E-state index in [4.69, 9.17) is 25.5 Å². The molecule has 4 aromatic rings. The lowest BCUT2D eigenvalue weighted by atomic mass is 10.1. The normalized spacial score (nSPS) is 13.5. The quantitative estimate of drug-likeness (QED) is 0.289. The summed E-state index contributed by atoms with van der Waals surface area (Å²) in [6, 6.07) is 18.8. The fraction of sp³-hybridized carbons (Fsp3) is 0.192. The third-order valence-electron chi connectivity index (χ3n) is 5.71. The van der Waals surface area contributed by atoms with Gasteiger partial charge in [-0.3, -0.25) is 9.69 Å². The van der Waals surface area contributed by atoms with Gasteiger partial charge in [0.15, 0.2) is 0 Å². The Morgan fingerprint density at radius 3 is 2.67 bits per heavy atom. The molecule has 7 heteroatoms. The van der Waals surface area contributed by atoms with Crippen LogP contribution in [0.5, 0.6) is 17.2 Å². The summed E-state index contributed by atoms with van der Waals surface area (Å²) < 4.78 is 18.8. The van der Waals surface area contributed by atoms with Gasteiger partial charge < -0.3 is 13.9 Å². The predicted octanol–water partition coefficient (Wildman–Crippen LogP) is 6.70. The summed E-state index contributed by atoms with van der Waals surface area (Å²) in [5, 5.41) is 1.21. The molecule has 2 heterocycles. The smallest absolute Gasteiger partial charge is 0.235 e. The topological polar surface area (TPSA) is 51.9 Å². The van der Waals surface area contributed by atoms with E-state index in [0.717, 1.165) is 33.8 Å². The summed E-state index contributed by atoms with van der Waals surface area (Å²) in [6.07, 6.45) is 0.869. The van der Waals surface area contributed by atoms with Crippen molar-refractivity contribution in [2.75, 3.05) is 13.3 Å². The van der Waals surface area contributed by atoms with Crippen molar-refractivity contribution in [3.05, 3.63) is 97.3 Å². The van der Waals surface area contributed by atoms with Crippen LogP contribution in [-0.2, 0) is 13.0 Å². The zero-order valence-corrected chi connectivity index (χ0v) is 20.3. The van der Waals surface area contributed by atoms with Crippen LogP contribution in [-0.4, -0.2) is 18.2 Å². The second-order valence-electron chi connectivity index (χ2n) is 7.97. The van der Waals surface area contributed by atoms with Crippen molar-refractivity contribution in [1.29, 1.82) is 0 Å². The van der Waals surface area contributed by atoms with Crippen LogP contribution in [0.15, 0.2) is 74.3 Å². The molecule has 0 atom stereocenters. The van der Waals surface area contributed by atoms with E-state index in [1.54, 1.807) is 19.1 Å². The van der Waals surface area contributed by atoms with Crippen LogP contribution in [0.1, 0.15) is 16.9 Å². The van der Waals surface area contributed by atoms with E-state index in [1.165, 1.54) is 5.56 Å². The first-order valence-electron chi connectivity index (χ1n) is 10.6. The third-order valence-corrected chi connectivity index (χ3v) is 6.61. The summed E-state index contributed by atoms with van der Waals surface area (Å²) >= 11 is 9.44. The van der Waals surface area contributed by atoms with Gasteiger partial charge in [0.05, 0.1) is 15.4 Å². The van der Waals surface area contributed by atoms with Gasteiger partial charge in [-0.2, -0.15) is 0 Å². The summed E-state index contributed by atoms with van der Waals surface area (Å²) in [6.45, 7) is 3.67. The first-order valence-corrected chi connectivity index (χ1v) is 11.8. The number of para-hydroxylation sites is 1. The maximum Gasteiger partial charge on any atom is 0.235 e. The summed E-state index contributed by atoms with van der Waals surface area (Å²) in [4.78, 5) is 15.5. The van der Waals surface area contributed by atoms with Crippen molar-refractivity contribution in [2.45, 2.75) is 19.9 Å². The molecule has 1 aromatic heterocycles. The molecule has 5 nitrogen and oxygen atoms in total. The lowest BCUT2D eigenvalue weighted by molar-refractivity contribution is 0.0968. The molecule has 0 unspecified atom stereocenters. The van der Waals surface area contributed by atoms with Gasteiger partial charge in [0.2, 0.25) is 11.2 Å². The Bertz CT molecular complexity index is 1380. The van der Waals surface area contributed by atoms with Gasteiger partial charge in [0.1, 0.15) is 29.6 Å². The molecule has 0 saturated carbocycles. The number of halogens is 2. The standard InChI is InChI=1S/C26H21BrClNO4/c1-16-25(33-23-5-3-2-4-21(23)27)24(30)19-10-11-22-20(26(19)32-16)14-29(15-31-22)13-12-17-6-8-18(28)9-7-17/h2-11H,12-15H2,1H3. The maximum absolute atomic E-state index is 13.3. The van der Waals surface area contributed by atoms with Gasteiger partial charge in [0.25, 0.3) is 0 Å². The molecule has 0 fully saturated rings. The average molecular weight is 527 g/mol. The number of fused-ring (bicyclic) bond motifs is 3. The molecule has 0 radical (unpaired) electrons. The zero-order valence-electron chi connectivity index (χ0n) is 17.9. The molecular weight excluding hydrogens is 506 g/mol. The fourth-order valence-corrected chi connectivity index (χ4v) is 4.43. The van der Waals surface area contributed by atoms with Crippen molar-refractivity contribution >= 4 is 38.5 Å². The second kappa shape index (κ2) is 9.21. The van der Waals surface area contributed by atoms with Crippen molar-refractivity contribution in [3.8, 4) is 17.2 Å². The van der Waals surface area contributed by atoms with Crippen molar-refractivity contribution in [1.82, 2.24) is 4.90 Å². The minimum Gasteiger partial charge on any atom is -0.478 e. The lowest BCUT2D eigenvalue weighted by Gasteiger charge is -2.29. The Labute approximate surface area is 204 Å². The van der Waals surface area contributed by atoms with E-state index < -0.39 is 0 Å². The van der Waals surface area contributed by atoms with Gasteiger partial charge >= 0.3 is 0 Å². The van der Waals surface area contributed by atoms with Crippen LogP contribution in [0.2, 0.25) is 5.02 Å². The monoisotopic (exact) mass is 525 g/mol. The minimum absolute atomic E-state index is 0.186. The molecule has 1 aliphatic heterocycles. The molecule has 0 amide bonds. The van der Waals surface area contributed by atoms with E-state index in [-0.39, 0.29) is 11.2 Å². The lowest BCUT2D eigenvalue weighted by Crippen LogP contribution is -2.33. The molecule has 0 spiro atoms. The van der Waals surface area contributed by atoms with E-state index in [1.807, 2.05) is 48.5 Å². The van der Waals surface area contributed by atoms with Crippen LogP contribution in [0.3, 0.4) is 0 Å². The molecule has 1 aliphatic rings. The SMILES string of the molecule is Cc1oc2c3c(ccc2c(=O)c1Oc1ccccc1Br)OCN(CCc1ccc(Cl)cc1)C3. The third kappa shape index (κ3) is 4.51. The Kier molecular flexibility index (Phi) is 6.15. The van der Waals surface area contributed by atoms with Crippen LogP contribution < -0.4 is 14.9 Å². The van der Waals surface area contributed by atoms with Gasteiger partial charge in [-0.15, -0.1) is 0 Å². The highest BCUT2D eigenvalue weighted by Crippen LogP contribution is 2.35. The van der Waals surface area contributed by atoms with Gasteiger partial charge in [-0.25, -0.2) is 0 Å². The number of nitrogens with zero attached hydrogens (tertiary/aromatic N) is 1. The van der Waals surface area contributed by atoms with Crippen molar-refractivity contribution in [3.63, 3.8) is 0 Å². The Morgan fingerprint density at radius 2 is 1.88 bits per heavy atom. The van der Waals surface area contributed by atoms with E-state index >= 15 is 0 Å². The van der Waals surface area contributed by atoms with Gasteiger partial charge in [-0.05, 0) is 71.2 Å². The largest absolute Gasteiger partial charge is 0.478 e. The van der Waals surface area contributed by atoms with E-state index in [0.29, 0.717) is 35.8 Å². The number of ether oxygens (including phenoxy) is 2. The second-order valence-corrected chi connectivity index (χ2v) is 9.26. The molecule has 3 aromatic carbocycles. The molecule has 0 N–H and O–H groups in total. The van der Waals surface area contributed by atoms with Gasteiger partial charge in [-0.1, -0.05) is 35.9 Å². The first kappa shape index (κ1) is 22.0. The fourth-order valence-electron chi connectivity index (χ4n) is 3.94. The van der Waals surface area contributed by atoms with E-state index in [2.05, 4.69) is 20.8 Å². The van der Waals surface area contributed by atoms with E-state index in [9.17, 15) is 4.79 Å². The summed E-state index contributed by atoms with van der Waals surface area (Å²) in [7, 11) is 0. The number of hydrogen-bond acceptors (Lipinski definition) is 5. The summed E-state index contributed by atoms with van der Waals surface area (Å²) in [5.74, 6) is 1.91. The molecule has 33 heavy (non-hydrogen) atoms. The molecule has 0 saturated heterocycles. The van der Waals surface area contributed by atoms with Gasteiger partial charge in [0, 0.05) is 18.1 Å². The average Bonchev–Trinajstić information content (AvgIpc) is 2.82. The Balaban J connectivity index is 1.44. The van der Waals surface area contributed by atoms with Crippen LogP contribution in [0, 0.1) is 6.92 Å². The minimum atomic E-state index is -0.203. The number of aryl methyl sites for hydroxylation is 1. The Morgan fingerprint density at radius 1 is 1.09 bits per heavy atom. The molecule has 168 valence electrons. The summed E-state index contributed by atoms with van der Waals surface area (Å²) in [5.41, 5.74) is 2.43. The predicted molar refractivity (Wildman–Crippen MR) is 132 cm³/mol. The molecule has 5 rings (SSSR count). The highest BCUT2D eigenvalue weighted by molar-refractivity contribution is 9.10. The molecular formula is C26H21BrClNO4. The van der Waals surface area contributed by atoms with Crippen molar-refractivity contribution in [2.24, 2.45) is 0 Å². The van der Waals surface area contributed by atoms with Crippen LogP contribution in [0.25, 0.3) is 11.0 Å². The first-order chi connectivity index (χ1) is 16.0. The highest BCUT2D eigenvalue weighted by Gasteiger charge is 2.24. The van der Waals surface area contributed by atoms with Crippen molar-refractivity contribution < 1.29 is 13.9 Å². The highest BCUT2D eigenvalue weighted by atomic mass is 79.9. The Hall–Kier alpha value is -2.80.